The van der Waals surface area contributed by atoms with Crippen molar-refractivity contribution in [3.63, 3.8) is 0 Å². The van der Waals surface area contributed by atoms with Crippen molar-refractivity contribution in [3.05, 3.63) is 22.4 Å². The van der Waals surface area contributed by atoms with Gasteiger partial charge in [-0.05, 0) is 48.3 Å². The number of rotatable bonds is 2. The van der Waals surface area contributed by atoms with Crippen LogP contribution in [-0.2, 0) is 7.05 Å². The third kappa shape index (κ3) is 2.90. The summed E-state index contributed by atoms with van der Waals surface area (Å²) >= 11 is 3.38. The van der Waals surface area contributed by atoms with Crippen LogP contribution in [0.15, 0.2) is 16.7 Å². The van der Waals surface area contributed by atoms with Gasteiger partial charge in [-0.2, -0.15) is 0 Å². The molecule has 1 aromatic rings. The quantitative estimate of drug-likeness (QED) is 0.872. The second-order valence-electron chi connectivity index (χ2n) is 4.62. The summed E-state index contributed by atoms with van der Waals surface area (Å²) < 4.78 is 2.76. The highest BCUT2D eigenvalue weighted by atomic mass is 79.9. The van der Waals surface area contributed by atoms with E-state index in [9.17, 15) is 4.79 Å². The van der Waals surface area contributed by atoms with Crippen molar-refractivity contribution in [1.29, 1.82) is 0 Å². The Balaban J connectivity index is 2.03. The molecule has 0 aliphatic carbocycles. The number of amides is 1. The van der Waals surface area contributed by atoms with E-state index in [2.05, 4.69) is 33.5 Å². The second kappa shape index (κ2) is 5.23. The van der Waals surface area contributed by atoms with Gasteiger partial charge in [-0.15, -0.1) is 0 Å². The first-order valence-corrected chi connectivity index (χ1v) is 6.73. The van der Waals surface area contributed by atoms with E-state index >= 15 is 0 Å². The SMILES string of the molecule is CC1NCCCC1NC(=O)c1cc(Br)cn1C. The van der Waals surface area contributed by atoms with E-state index in [1.165, 1.54) is 0 Å². The molecule has 94 valence electrons. The molecule has 0 aromatic carbocycles. The number of aryl methyl sites for hydroxylation is 1. The Kier molecular flexibility index (Phi) is 3.89. The molecule has 1 aliphatic rings. The molecule has 2 heterocycles. The Morgan fingerprint density at radius 2 is 2.41 bits per heavy atom. The van der Waals surface area contributed by atoms with Gasteiger partial charge in [-0.3, -0.25) is 4.79 Å². The minimum atomic E-state index is -0.00116. The van der Waals surface area contributed by atoms with Gasteiger partial charge in [-0.1, -0.05) is 0 Å². The van der Waals surface area contributed by atoms with Crippen molar-refractivity contribution in [1.82, 2.24) is 15.2 Å². The predicted molar refractivity (Wildman–Crippen MR) is 71.1 cm³/mol. The van der Waals surface area contributed by atoms with E-state index in [1.807, 2.05) is 23.9 Å². The number of nitrogens with zero attached hydrogens (tertiary/aromatic N) is 1. The van der Waals surface area contributed by atoms with Gasteiger partial charge in [0.05, 0.1) is 0 Å². The van der Waals surface area contributed by atoms with Gasteiger partial charge in [0.1, 0.15) is 5.69 Å². The summed E-state index contributed by atoms with van der Waals surface area (Å²) in [4.78, 5) is 12.1. The molecule has 1 fully saturated rings. The van der Waals surface area contributed by atoms with Crippen molar-refractivity contribution >= 4 is 21.8 Å². The summed E-state index contributed by atoms with van der Waals surface area (Å²) in [5.41, 5.74) is 0.689. The number of hydrogen-bond acceptors (Lipinski definition) is 2. The van der Waals surface area contributed by atoms with Crippen LogP contribution in [0.3, 0.4) is 0 Å². The number of hydrogen-bond donors (Lipinski definition) is 2. The zero-order valence-corrected chi connectivity index (χ0v) is 11.8. The van der Waals surface area contributed by atoms with Crippen LogP contribution in [0.4, 0.5) is 0 Å². The summed E-state index contributed by atoms with van der Waals surface area (Å²) in [6, 6.07) is 2.41. The molecule has 2 atom stereocenters. The van der Waals surface area contributed by atoms with E-state index in [4.69, 9.17) is 0 Å². The second-order valence-corrected chi connectivity index (χ2v) is 5.54. The maximum atomic E-state index is 12.1. The number of aromatic nitrogens is 1. The molecule has 1 saturated heterocycles. The minimum absolute atomic E-state index is 0.00116. The molecule has 0 radical (unpaired) electrons. The van der Waals surface area contributed by atoms with Crippen LogP contribution in [0.5, 0.6) is 0 Å². The van der Waals surface area contributed by atoms with Gasteiger partial charge in [0, 0.05) is 29.8 Å². The van der Waals surface area contributed by atoms with Gasteiger partial charge in [0.15, 0.2) is 0 Å². The summed E-state index contributed by atoms with van der Waals surface area (Å²) in [5, 5.41) is 6.47. The van der Waals surface area contributed by atoms with Gasteiger partial charge in [0.2, 0.25) is 0 Å². The van der Waals surface area contributed by atoms with Crippen molar-refractivity contribution in [2.24, 2.45) is 7.05 Å². The number of halogens is 1. The van der Waals surface area contributed by atoms with Crippen molar-refractivity contribution < 1.29 is 4.79 Å². The molecule has 2 unspecified atom stereocenters. The standard InChI is InChI=1S/C12H18BrN3O/c1-8-10(4-3-5-14-8)15-12(17)11-6-9(13)7-16(11)2/h6-8,10,14H,3-5H2,1-2H3,(H,15,17). The summed E-state index contributed by atoms with van der Waals surface area (Å²) in [7, 11) is 1.88. The molecule has 17 heavy (non-hydrogen) atoms. The number of carbonyl (C=O) groups is 1. The average molecular weight is 300 g/mol. The van der Waals surface area contributed by atoms with E-state index in [0.29, 0.717) is 11.7 Å². The smallest absolute Gasteiger partial charge is 0.268 e. The summed E-state index contributed by atoms with van der Waals surface area (Å²) in [5.74, 6) is -0.00116. The lowest BCUT2D eigenvalue weighted by Gasteiger charge is -2.30. The normalized spacial score (nSPS) is 24.6. The summed E-state index contributed by atoms with van der Waals surface area (Å²) in [6.07, 6.45) is 4.05. The zero-order chi connectivity index (χ0) is 12.4. The van der Waals surface area contributed by atoms with Gasteiger partial charge in [-0.25, -0.2) is 0 Å². The Hall–Kier alpha value is -0.810. The van der Waals surface area contributed by atoms with Crippen LogP contribution < -0.4 is 10.6 Å². The lowest BCUT2D eigenvalue weighted by Crippen LogP contribution is -2.52. The third-order valence-electron chi connectivity index (χ3n) is 3.28. The molecule has 2 rings (SSSR count). The lowest BCUT2D eigenvalue weighted by atomic mass is 10.00. The van der Waals surface area contributed by atoms with Crippen molar-refractivity contribution in [2.45, 2.75) is 31.8 Å². The predicted octanol–water partition coefficient (Wildman–Crippen LogP) is 1.66. The topological polar surface area (TPSA) is 46.1 Å². The molecule has 1 amide bonds. The highest BCUT2D eigenvalue weighted by molar-refractivity contribution is 9.10. The first-order valence-electron chi connectivity index (χ1n) is 5.94. The van der Waals surface area contributed by atoms with Crippen LogP contribution in [0.1, 0.15) is 30.3 Å². The maximum absolute atomic E-state index is 12.1. The number of piperidine rings is 1. The number of carbonyl (C=O) groups excluding carboxylic acids is 1. The molecule has 0 spiro atoms. The van der Waals surface area contributed by atoms with E-state index in [-0.39, 0.29) is 11.9 Å². The molecule has 0 bridgehead atoms. The zero-order valence-electron chi connectivity index (χ0n) is 10.2. The van der Waals surface area contributed by atoms with Crippen molar-refractivity contribution in [2.75, 3.05) is 6.54 Å². The molecule has 4 nitrogen and oxygen atoms in total. The molecule has 0 saturated carbocycles. The fraction of sp³-hybridized carbons (Fsp3) is 0.583. The molecule has 5 heteroatoms. The fourth-order valence-electron chi connectivity index (χ4n) is 2.23. The van der Waals surface area contributed by atoms with Gasteiger partial charge >= 0.3 is 0 Å². The Morgan fingerprint density at radius 3 is 3.00 bits per heavy atom. The van der Waals surface area contributed by atoms with Crippen LogP contribution in [0, 0.1) is 0 Å². The van der Waals surface area contributed by atoms with E-state index in [1.54, 1.807) is 0 Å². The van der Waals surface area contributed by atoms with Crippen LogP contribution >= 0.6 is 15.9 Å². The van der Waals surface area contributed by atoms with E-state index < -0.39 is 0 Å². The average Bonchev–Trinajstić information content (AvgIpc) is 2.61. The first-order chi connectivity index (χ1) is 8.08. The third-order valence-corrected chi connectivity index (χ3v) is 3.72. The molecule has 1 aromatic heterocycles. The van der Waals surface area contributed by atoms with Crippen molar-refractivity contribution in [3.8, 4) is 0 Å². The van der Waals surface area contributed by atoms with Crippen LogP contribution in [0.25, 0.3) is 0 Å². The molecular formula is C12H18BrN3O. The highest BCUT2D eigenvalue weighted by Crippen LogP contribution is 2.15. The fourth-order valence-corrected chi connectivity index (χ4v) is 2.76. The first kappa shape index (κ1) is 12.6. The van der Waals surface area contributed by atoms with Crippen LogP contribution in [-0.4, -0.2) is 29.1 Å². The Labute approximate surface area is 110 Å². The van der Waals surface area contributed by atoms with Gasteiger partial charge in [0.25, 0.3) is 5.91 Å². The summed E-state index contributed by atoms with van der Waals surface area (Å²) in [6.45, 7) is 3.16. The van der Waals surface area contributed by atoms with Gasteiger partial charge < -0.3 is 15.2 Å². The molecule has 2 N–H and O–H groups in total. The largest absolute Gasteiger partial charge is 0.346 e. The Morgan fingerprint density at radius 1 is 1.65 bits per heavy atom. The lowest BCUT2D eigenvalue weighted by molar-refractivity contribution is 0.0911. The maximum Gasteiger partial charge on any atom is 0.268 e. The Bertz CT molecular complexity index is 416. The number of nitrogens with one attached hydrogen (secondary N) is 2. The highest BCUT2D eigenvalue weighted by Gasteiger charge is 2.23. The minimum Gasteiger partial charge on any atom is -0.346 e. The molecular weight excluding hydrogens is 282 g/mol. The van der Waals surface area contributed by atoms with Crippen LogP contribution in [0.2, 0.25) is 0 Å². The monoisotopic (exact) mass is 299 g/mol. The molecule has 1 aliphatic heterocycles. The van der Waals surface area contributed by atoms with E-state index in [0.717, 1.165) is 23.9 Å².